The summed E-state index contributed by atoms with van der Waals surface area (Å²) in [5.41, 5.74) is 2.20. The van der Waals surface area contributed by atoms with E-state index in [-0.39, 0.29) is 16.6 Å². The third-order valence-corrected chi connectivity index (χ3v) is 4.37. The lowest BCUT2D eigenvalue weighted by atomic mass is 10.3. The summed E-state index contributed by atoms with van der Waals surface area (Å²) in [7, 11) is 1.54. The lowest BCUT2D eigenvalue weighted by Crippen LogP contribution is -2.18. The number of hydrogen-bond donors (Lipinski definition) is 3. The number of benzene rings is 2. The van der Waals surface area contributed by atoms with Crippen LogP contribution in [-0.2, 0) is 0 Å². The van der Waals surface area contributed by atoms with E-state index in [0.717, 1.165) is 5.52 Å². The smallest absolute Gasteiger partial charge is 0.269 e. The van der Waals surface area contributed by atoms with Crippen LogP contribution < -0.4 is 15.4 Å². The first-order chi connectivity index (χ1) is 14.0. The van der Waals surface area contributed by atoms with Crippen molar-refractivity contribution in [2.75, 3.05) is 12.4 Å². The number of halogens is 2. The molecular weight excluding hydrogens is 397 g/mol. The predicted molar refractivity (Wildman–Crippen MR) is 108 cm³/mol. The summed E-state index contributed by atoms with van der Waals surface area (Å²) >= 11 is 5.70. The highest BCUT2D eigenvalue weighted by molar-refractivity contribution is 6.30. The molecule has 29 heavy (non-hydrogen) atoms. The van der Waals surface area contributed by atoms with E-state index < -0.39 is 5.82 Å². The lowest BCUT2D eigenvalue weighted by Gasteiger charge is -2.06. The molecule has 4 rings (SSSR count). The van der Waals surface area contributed by atoms with Crippen LogP contribution in [0.25, 0.3) is 11.0 Å². The third-order valence-electron chi connectivity index (χ3n) is 4.06. The number of hydrogen-bond acceptors (Lipinski definition) is 5. The molecule has 0 unspecified atom stereocenters. The number of amides is 1. The number of anilines is 2. The van der Waals surface area contributed by atoms with E-state index >= 15 is 0 Å². The van der Waals surface area contributed by atoms with Gasteiger partial charge in [0.1, 0.15) is 23.0 Å². The number of nitrogens with one attached hydrogen (secondary N) is 3. The molecule has 4 aromatic rings. The third kappa shape index (κ3) is 4.12. The number of H-pyrrole nitrogens is 1. The van der Waals surface area contributed by atoms with E-state index in [4.69, 9.17) is 16.3 Å². The van der Waals surface area contributed by atoms with Crippen molar-refractivity contribution in [1.29, 1.82) is 0 Å². The molecule has 1 amide bonds. The van der Waals surface area contributed by atoms with E-state index in [1.54, 1.807) is 36.4 Å². The summed E-state index contributed by atoms with van der Waals surface area (Å²) in [6, 6.07) is 12.9. The van der Waals surface area contributed by atoms with Gasteiger partial charge >= 0.3 is 0 Å². The highest BCUT2D eigenvalue weighted by Gasteiger charge is 2.09. The Morgan fingerprint density at radius 1 is 1.14 bits per heavy atom. The Morgan fingerprint density at radius 2 is 1.97 bits per heavy atom. The van der Waals surface area contributed by atoms with E-state index in [1.807, 2.05) is 0 Å². The van der Waals surface area contributed by atoms with Crippen LogP contribution in [0, 0.1) is 5.82 Å². The zero-order chi connectivity index (χ0) is 20.4. The molecule has 2 aromatic carbocycles. The molecule has 2 aromatic heterocycles. The van der Waals surface area contributed by atoms with Gasteiger partial charge in [0.15, 0.2) is 0 Å². The number of imidazole rings is 1. The topological polar surface area (TPSA) is 91.9 Å². The molecule has 3 N–H and O–H groups in total. The molecule has 0 aliphatic heterocycles. The number of pyridine rings is 1. The van der Waals surface area contributed by atoms with E-state index in [0.29, 0.717) is 28.7 Å². The molecule has 146 valence electrons. The van der Waals surface area contributed by atoms with Gasteiger partial charge in [0.2, 0.25) is 5.95 Å². The van der Waals surface area contributed by atoms with Crippen LogP contribution in [-0.4, -0.2) is 27.9 Å². The first kappa shape index (κ1) is 18.7. The number of fused-ring (bicyclic) bond motifs is 1. The first-order valence-corrected chi connectivity index (χ1v) is 8.97. The zero-order valence-electron chi connectivity index (χ0n) is 15.2. The van der Waals surface area contributed by atoms with Crippen LogP contribution in [0.2, 0.25) is 5.02 Å². The number of rotatable bonds is 5. The van der Waals surface area contributed by atoms with E-state index in [9.17, 15) is 9.18 Å². The summed E-state index contributed by atoms with van der Waals surface area (Å²) in [5, 5.41) is 5.57. The average Bonchev–Trinajstić information content (AvgIpc) is 3.12. The van der Waals surface area contributed by atoms with Gasteiger partial charge in [-0.1, -0.05) is 11.6 Å². The molecule has 0 fully saturated rings. The number of nitrogens with zero attached hydrogens (tertiary/aromatic N) is 2. The maximum Gasteiger partial charge on any atom is 0.269 e. The second-order valence-corrected chi connectivity index (χ2v) is 6.48. The molecule has 0 aliphatic carbocycles. The molecule has 0 spiro atoms. The molecule has 0 atom stereocenters. The summed E-state index contributed by atoms with van der Waals surface area (Å²) < 4.78 is 19.4. The lowest BCUT2D eigenvalue weighted by molar-refractivity contribution is 0.0958. The zero-order valence-corrected chi connectivity index (χ0v) is 15.9. The Balaban J connectivity index is 1.55. The van der Waals surface area contributed by atoms with Gasteiger partial charge in [-0.15, -0.1) is 0 Å². The van der Waals surface area contributed by atoms with Crippen molar-refractivity contribution >= 4 is 40.2 Å². The first-order valence-electron chi connectivity index (χ1n) is 8.59. The van der Waals surface area contributed by atoms with Gasteiger partial charge in [-0.05, 0) is 36.4 Å². The Morgan fingerprint density at radius 3 is 2.76 bits per heavy atom. The highest BCUT2D eigenvalue weighted by Crippen LogP contribution is 2.27. The van der Waals surface area contributed by atoms with Gasteiger partial charge in [-0.3, -0.25) is 9.78 Å². The number of aromatic amines is 1. The second kappa shape index (κ2) is 7.76. The largest absolute Gasteiger partial charge is 0.457 e. The van der Waals surface area contributed by atoms with Gasteiger partial charge in [0.05, 0.1) is 16.1 Å². The van der Waals surface area contributed by atoms with Crippen molar-refractivity contribution in [3.8, 4) is 11.5 Å². The monoisotopic (exact) mass is 411 g/mol. The number of ether oxygens (including phenoxy) is 1. The van der Waals surface area contributed by atoms with Gasteiger partial charge < -0.3 is 20.4 Å². The average molecular weight is 412 g/mol. The highest BCUT2D eigenvalue weighted by atomic mass is 35.5. The molecule has 0 radical (unpaired) electrons. The van der Waals surface area contributed by atoms with Crippen LogP contribution in [0.3, 0.4) is 0 Å². The SMILES string of the molecule is CNC(=O)c1cc(Oc2ccc3nc(Nc4ccc(Cl)c(F)c4)[nH]c3c2)ccn1. The molecule has 0 saturated heterocycles. The molecule has 9 heteroatoms. The fourth-order valence-electron chi connectivity index (χ4n) is 2.68. The minimum absolute atomic E-state index is 0.0534. The molecule has 0 bridgehead atoms. The number of carbonyl (C=O) groups is 1. The Labute approximate surface area is 169 Å². The standard InChI is InChI=1S/C20H15ClFN5O2/c1-23-19(28)18-10-13(6-7-24-18)29-12-3-5-16-17(9-12)27-20(26-16)25-11-2-4-14(21)15(22)8-11/h2-10H,1H3,(H,23,28)(H2,25,26,27). The Kier molecular flexibility index (Phi) is 5.01. The maximum absolute atomic E-state index is 13.6. The summed E-state index contributed by atoms with van der Waals surface area (Å²) in [4.78, 5) is 23.2. The molecule has 7 nitrogen and oxygen atoms in total. The Hall–Kier alpha value is -3.65. The predicted octanol–water partition coefficient (Wildman–Crippen LogP) is 4.65. The summed E-state index contributed by atoms with van der Waals surface area (Å²) in [6.45, 7) is 0. The van der Waals surface area contributed by atoms with Crippen LogP contribution in [0.15, 0.2) is 54.7 Å². The minimum atomic E-state index is -0.517. The van der Waals surface area contributed by atoms with Gasteiger partial charge in [0, 0.05) is 31.1 Å². The Bertz CT molecular complexity index is 1210. The normalized spacial score (nSPS) is 10.7. The fraction of sp³-hybridized carbons (Fsp3) is 0.0500. The molecule has 0 saturated carbocycles. The van der Waals surface area contributed by atoms with Crippen molar-refractivity contribution in [2.24, 2.45) is 0 Å². The second-order valence-electron chi connectivity index (χ2n) is 6.08. The molecule has 2 heterocycles. The summed E-state index contributed by atoms with van der Waals surface area (Å²) in [6.07, 6.45) is 1.50. The van der Waals surface area contributed by atoms with E-state index in [2.05, 4.69) is 25.6 Å². The van der Waals surface area contributed by atoms with Gasteiger partial charge in [-0.2, -0.15) is 0 Å². The van der Waals surface area contributed by atoms with Crippen molar-refractivity contribution < 1.29 is 13.9 Å². The number of carbonyl (C=O) groups excluding carboxylic acids is 1. The van der Waals surface area contributed by atoms with E-state index in [1.165, 1.54) is 25.4 Å². The van der Waals surface area contributed by atoms with Crippen LogP contribution in [0.4, 0.5) is 16.0 Å². The maximum atomic E-state index is 13.6. The quantitative estimate of drug-likeness (QED) is 0.444. The van der Waals surface area contributed by atoms with Crippen LogP contribution >= 0.6 is 11.6 Å². The van der Waals surface area contributed by atoms with Crippen molar-refractivity contribution in [3.63, 3.8) is 0 Å². The van der Waals surface area contributed by atoms with Crippen molar-refractivity contribution in [1.82, 2.24) is 20.3 Å². The minimum Gasteiger partial charge on any atom is -0.457 e. The molecular formula is C20H15ClFN5O2. The van der Waals surface area contributed by atoms with Gasteiger partial charge in [0.25, 0.3) is 5.91 Å². The van der Waals surface area contributed by atoms with Crippen LogP contribution in [0.5, 0.6) is 11.5 Å². The number of aromatic nitrogens is 3. The molecule has 0 aliphatic rings. The van der Waals surface area contributed by atoms with Gasteiger partial charge in [-0.25, -0.2) is 9.37 Å². The summed E-state index contributed by atoms with van der Waals surface area (Å²) in [5.74, 6) is 0.669. The van der Waals surface area contributed by atoms with Crippen molar-refractivity contribution in [3.05, 3.63) is 71.3 Å². The van der Waals surface area contributed by atoms with Crippen molar-refractivity contribution in [2.45, 2.75) is 0 Å². The fourth-order valence-corrected chi connectivity index (χ4v) is 2.80. The van der Waals surface area contributed by atoms with Crippen LogP contribution in [0.1, 0.15) is 10.5 Å².